The van der Waals surface area contributed by atoms with Crippen LogP contribution in [0.3, 0.4) is 0 Å². The number of carbonyl (C=O) groups is 1. The Morgan fingerprint density at radius 2 is 1.88 bits per heavy atom. The molecule has 1 N–H and O–H groups in total. The van der Waals surface area contributed by atoms with Gasteiger partial charge in [0.05, 0.1) is 5.69 Å². The van der Waals surface area contributed by atoms with E-state index in [-0.39, 0.29) is 11.9 Å². The van der Waals surface area contributed by atoms with Crippen molar-refractivity contribution in [3.63, 3.8) is 0 Å². The van der Waals surface area contributed by atoms with E-state index in [1.807, 2.05) is 68.4 Å². The van der Waals surface area contributed by atoms with Crippen LogP contribution < -0.4 is 10.1 Å². The predicted molar refractivity (Wildman–Crippen MR) is 96.0 cm³/mol. The first-order valence-electron chi connectivity index (χ1n) is 8.06. The summed E-state index contributed by atoms with van der Waals surface area (Å²) in [7, 11) is 0. The van der Waals surface area contributed by atoms with Crippen LogP contribution in [0.15, 0.2) is 54.6 Å². The summed E-state index contributed by atoms with van der Waals surface area (Å²) in [6.07, 6.45) is -0.661. The van der Waals surface area contributed by atoms with E-state index < -0.39 is 6.10 Å². The molecule has 0 aliphatic carbocycles. The molecule has 0 bridgehead atoms. The molecule has 0 spiro atoms. The molecule has 3 rings (SSSR count). The summed E-state index contributed by atoms with van der Waals surface area (Å²) in [5, 5.41) is 7.04. The molecule has 1 unspecified atom stereocenters. The molecule has 3 aromatic rings. The van der Waals surface area contributed by atoms with Gasteiger partial charge in [-0.1, -0.05) is 30.3 Å². The van der Waals surface area contributed by atoms with Crippen molar-refractivity contribution in [1.82, 2.24) is 14.8 Å². The number of hydrogen-bond acceptors (Lipinski definition) is 4. The largest absolute Gasteiger partial charge is 0.481 e. The smallest absolute Gasteiger partial charge is 0.267 e. The lowest BCUT2D eigenvalue weighted by Gasteiger charge is -2.13. The Morgan fingerprint density at radius 3 is 2.60 bits per heavy atom. The Hall–Kier alpha value is -3.15. The highest BCUT2D eigenvalue weighted by Gasteiger charge is 2.18. The number of hydrogen-bond donors (Lipinski definition) is 1. The van der Waals surface area contributed by atoms with Crippen molar-refractivity contribution in [2.24, 2.45) is 0 Å². The van der Waals surface area contributed by atoms with E-state index in [0.29, 0.717) is 11.6 Å². The molecule has 0 saturated heterocycles. The molecule has 6 nitrogen and oxygen atoms in total. The molecule has 0 aliphatic rings. The quantitative estimate of drug-likeness (QED) is 0.776. The summed E-state index contributed by atoms with van der Waals surface area (Å²) < 4.78 is 7.36. The maximum absolute atomic E-state index is 12.3. The summed E-state index contributed by atoms with van der Waals surface area (Å²) >= 11 is 0. The fourth-order valence-electron chi connectivity index (χ4n) is 2.41. The Kier molecular flexibility index (Phi) is 4.79. The molecule has 128 valence electrons. The van der Waals surface area contributed by atoms with Gasteiger partial charge in [0.1, 0.15) is 11.6 Å². The number of nitrogens with one attached hydrogen (secondary N) is 1. The number of benzene rings is 2. The highest BCUT2D eigenvalue weighted by Crippen LogP contribution is 2.15. The molecule has 0 fully saturated rings. The van der Waals surface area contributed by atoms with Gasteiger partial charge in [0.2, 0.25) is 5.95 Å². The van der Waals surface area contributed by atoms with Crippen LogP contribution in [0.2, 0.25) is 0 Å². The summed E-state index contributed by atoms with van der Waals surface area (Å²) in [6, 6.07) is 17.2. The molecule has 0 saturated carbocycles. The van der Waals surface area contributed by atoms with Gasteiger partial charge in [-0.25, -0.2) is 4.68 Å². The molecular formula is C19H20N4O2. The minimum absolute atomic E-state index is 0.256. The van der Waals surface area contributed by atoms with Crippen molar-refractivity contribution in [1.29, 1.82) is 0 Å². The number of carbonyl (C=O) groups excluding carboxylic acids is 1. The molecule has 25 heavy (non-hydrogen) atoms. The molecule has 1 heterocycles. The van der Waals surface area contributed by atoms with Gasteiger partial charge in [-0.05, 0) is 50.6 Å². The first-order chi connectivity index (χ1) is 12.0. The maximum Gasteiger partial charge on any atom is 0.267 e. The number of para-hydroxylation sites is 1. The van der Waals surface area contributed by atoms with E-state index in [1.165, 1.54) is 0 Å². The molecule has 1 amide bonds. The number of nitrogens with zero attached hydrogens (tertiary/aromatic N) is 3. The summed E-state index contributed by atoms with van der Waals surface area (Å²) in [5.74, 6) is 1.30. The first kappa shape index (κ1) is 16.7. The predicted octanol–water partition coefficient (Wildman–Crippen LogP) is 3.29. The van der Waals surface area contributed by atoms with Crippen LogP contribution in [0.1, 0.15) is 18.3 Å². The molecule has 1 atom stereocenters. The average Bonchev–Trinajstić information content (AvgIpc) is 2.96. The second-order valence-electron chi connectivity index (χ2n) is 5.80. The van der Waals surface area contributed by atoms with Crippen molar-refractivity contribution >= 4 is 11.9 Å². The molecule has 2 aromatic carbocycles. The third-order valence-electron chi connectivity index (χ3n) is 3.68. The lowest BCUT2D eigenvalue weighted by Crippen LogP contribution is -2.30. The van der Waals surface area contributed by atoms with Crippen LogP contribution >= 0.6 is 0 Å². The van der Waals surface area contributed by atoms with Crippen LogP contribution in [0, 0.1) is 13.8 Å². The van der Waals surface area contributed by atoms with Gasteiger partial charge in [-0.3, -0.25) is 10.1 Å². The van der Waals surface area contributed by atoms with Crippen LogP contribution in [0.5, 0.6) is 5.75 Å². The number of rotatable bonds is 5. The van der Waals surface area contributed by atoms with E-state index in [4.69, 9.17) is 4.74 Å². The normalized spacial score (nSPS) is 11.8. The van der Waals surface area contributed by atoms with E-state index in [0.717, 1.165) is 11.3 Å². The first-order valence-corrected chi connectivity index (χ1v) is 8.06. The SMILES string of the molecule is Cc1cccc(OC(C)C(=O)Nc2nc(C)n(-c3ccccc3)n2)c1. The number of anilines is 1. The number of aryl methyl sites for hydroxylation is 2. The number of amides is 1. The van der Waals surface area contributed by atoms with Gasteiger partial charge < -0.3 is 4.74 Å². The molecular weight excluding hydrogens is 316 g/mol. The number of aromatic nitrogens is 3. The fourth-order valence-corrected chi connectivity index (χ4v) is 2.41. The molecule has 1 aromatic heterocycles. The zero-order chi connectivity index (χ0) is 17.8. The van der Waals surface area contributed by atoms with Gasteiger partial charge >= 0.3 is 0 Å². The molecule has 0 radical (unpaired) electrons. The van der Waals surface area contributed by atoms with Crippen molar-refractivity contribution in [3.8, 4) is 11.4 Å². The summed E-state index contributed by atoms with van der Waals surface area (Å²) in [5.41, 5.74) is 1.96. The Balaban J connectivity index is 1.69. The van der Waals surface area contributed by atoms with E-state index >= 15 is 0 Å². The third-order valence-corrected chi connectivity index (χ3v) is 3.68. The highest BCUT2D eigenvalue weighted by atomic mass is 16.5. The average molecular weight is 336 g/mol. The van der Waals surface area contributed by atoms with Gasteiger partial charge in [0, 0.05) is 0 Å². The van der Waals surface area contributed by atoms with Crippen LogP contribution in [-0.2, 0) is 4.79 Å². The van der Waals surface area contributed by atoms with Gasteiger partial charge in [-0.15, -0.1) is 5.10 Å². The standard InChI is InChI=1S/C19H20N4O2/c1-13-8-7-11-17(12-13)25-14(2)18(24)21-19-20-15(3)23(22-19)16-9-5-4-6-10-16/h4-12,14H,1-3H3,(H,21,22,24). The van der Waals surface area contributed by atoms with Crippen molar-refractivity contribution in [2.45, 2.75) is 26.9 Å². The van der Waals surface area contributed by atoms with Crippen LogP contribution in [0.4, 0.5) is 5.95 Å². The van der Waals surface area contributed by atoms with Crippen molar-refractivity contribution in [3.05, 3.63) is 66.0 Å². The van der Waals surface area contributed by atoms with Crippen molar-refractivity contribution in [2.75, 3.05) is 5.32 Å². The zero-order valence-corrected chi connectivity index (χ0v) is 14.4. The van der Waals surface area contributed by atoms with Gasteiger partial charge in [0.15, 0.2) is 6.10 Å². The van der Waals surface area contributed by atoms with Crippen molar-refractivity contribution < 1.29 is 9.53 Å². The highest BCUT2D eigenvalue weighted by molar-refractivity contribution is 5.92. The minimum atomic E-state index is -0.661. The lowest BCUT2D eigenvalue weighted by atomic mass is 10.2. The topological polar surface area (TPSA) is 69.0 Å². The zero-order valence-electron chi connectivity index (χ0n) is 14.4. The summed E-state index contributed by atoms with van der Waals surface area (Å²) in [6.45, 7) is 5.50. The Labute approximate surface area is 146 Å². The van der Waals surface area contributed by atoms with Gasteiger partial charge in [-0.2, -0.15) is 4.98 Å². The molecule has 0 aliphatic heterocycles. The van der Waals surface area contributed by atoms with E-state index in [2.05, 4.69) is 15.4 Å². The fraction of sp³-hybridized carbons (Fsp3) is 0.211. The third kappa shape index (κ3) is 4.03. The van der Waals surface area contributed by atoms with E-state index in [1.54, 1.807) is 11.6 Å². The van der Waals surface area contributed by atoms with Crippen LogP contribution in [0.25, 0.3) is 5.69 Å². The Bertz CT molecular complexity index is 874. The summed E-state index contributed by atoms with van der Waals surface area (Å²) in [4.78, 5) is 16.6. The Morgan fingerprint density at radius 1 is 1.12 bits per heavy atom. The van der Waals surface area contributed by atoms with Crippen LogP contribution in [-0.4, -0.2) is 26.8 Å². The monoisotopic (exact) mass is 336 g/mol. The number of ether oxygens (including phenoxy) is 1. The lowest BCUT2D eigenvalue weighted by molar-refractivity contribution is -0.122. The maximum atomic E-state index is 12.3. The molecule has 6 heteroatoms. The second-order valence-corrected chi connectivity index (χ2v) is 5.80. The second kappa shape index (κ2) is 7.17. The van der Waals surface area contributed by atoms with Gasteiger partial charge in [0.25, 0.3) is 5.91 Å². The minimum Gasteiger partial charge on any atom is -0.481 e. The van der Waals surface area contributed by atoms with E-state index in [9.17, 15) is 4.79 Å².